The smallest absolute Gasteiger partial charge is 0.170 e. The van der Waals surface area contributed by atoms with Crippen molar-refractivity contribution >= 4 is 33.5 Å². The summed E-state index contributed by atoms with van der Waals surface area (Å²) in [6.45, 7) is 1.92. The third-order valence-electron chi connectivity index (χ3n) is 2.37. The van der Waals surface area contributed by atoms with Gasteiger partial charge in [0, 0.05) is 14.9 Å². The lowest BCUT2D eigenvalue weighted by Crippen LogP contribution is -2.12. The van der Waals surface area contributed by atoms with E-state index in [0.29, 0.717) is 5.56 Å². The van der Waals surface area contributed by atoms with Crippen LogP contribution < -0.4 is 5.73 Å². The molecule has 4 nitrogen and oxygen atoms in total. The van der Waals surface area contributed by atoms with Crippen molar-refractivity contribution in [3.8, 4) is 0 Å². The fraction of sp³-hybridized carbons (Fsp3) is 0.0833. The Morgan fingerprint density at radius 1 is 1.39 bits per heavy atom. The zero-order valence-corrected chi connectivity index (χ0v) is 12.0. The number of nitrogens with two attached hydrogens (primary N) is 1. The maximum Gasteiger partial charge on any atom is 0.170 e. The average molecular weight is 327 g/mol. The minimum absolute atomic E-state index is 0.0896. The van der Waals surface area contributed by atoms with Crippen LogP contribution in [0.5, 0.6) is 0 Å². The number of halogens is 1. The molecular weight excluding hydrogens is 316 g/mol. The van der Waals surface area contributed by atoms with Gasteiger partial charge in [0.2, 0.25) is 0 Å². The van der Waals surface area contributed by atoms with E-state index in [4.69, 9.17) is 15.4 Å². The van der Waals surface area contributed by atoms with Crippen LogP contribution in [0.2, 0.25) is 0 Å². The van der Waals surface area contributed by atoms with Crippen molar-refractivity contribution in [1.29, 1.82) is 0 Å². The van der Waals surface area contributed by atoms with Gasteiger partial charge in [-0.05, 0) is 47.1 Å². The quantitative estimate of drug-likeness (QED) is 0.391. The highest BCUT2D eigenvalue weighted by atomic mass is 79.9. The van der Waals surface area contributed by atoms with E-state index in [1.165, 1.54) is 0 Å². The number of aryl methyl sites for hydroxylation is 1. The van der Waals surface area contributed by atoms with Crippen LogP contribution >= 0.6 is 27.7 Å². The highest BCUT2D eigenvalue weighted by Crippen LogP contribution is 2.35. The molecule has 0 atom stereocenters. The fourth-order valence-electron chi connectivity index (χ4n) is 1.40. The van der Waals surface area contributed by atoms with E-state index >= 15 is 0 Å². The highest BCUT2D eigenvalue weighted by molar-refractivity contribution is 9.10. The number of oxime groups is 1. The van der Waals surface area contributed by atoms with Crippen LogP contribution in [-0.4, -0.2) is 11.0 Å². The summed E-state index contributed by atoms with van der Waals surface area (Å²) < 4.78 is 6.13. The second-order valence-corrected chi connectivity index (χ2v) is 5.51. The van der Waals surface area contributed by atoms with E-state index in [2.05, 4.69) is 21.1 Å². The lowest BCUT2D eigenvalue weighted by Gasteiger charge is -2.05. The molecule has 3 N–H and O–H groups in total. The van der Waals surface area contributed by atoms with Crippen LogP contribution in [0.1, 0.15) is 11.3 Å². The summed E-state index contributed by atoms with van der Waals surface area (Å²) in [5.74, 6) is 0.971. The van der Waals surface area contributed by atoms with Crippen molar-refractivity contribution < 1.29 is 9.62 Å². The van der Waals surface area contributed by atoms with Gasteiger partial charge in [0.1, 0.15) is 5.76 Å². The molecule has 0 spiro atoms. The minimum atomic E-state index is 0.0896. The average Bonchev–Trinajstić information content (AvgIpc) is 2.76. The maximum absolute atomic E-state index is 8.62. The molecule has 2 rings (SSSR count). The molecule has 0 aliphatic heterocycles. The van der Waals surface area contributed by atoms with E-state index in [9.17, 15) is 0 Å². The number of benzene rings is 1. The van der Waals surface area contributed by atoms with Crippen molar-refractivity contribution in [1.82, 2.24) is 0 Å². The zero-order chi connectivity index (χ0) is 13.1. The summed E-state index contributed by atoms with van der Waals surface area (Å²) in [6, 6.07) is 7.45. The van der Waals surface area contributed by atoms with Gasteiger partial charge in [-0.1, -0.05) is 16.9 Å². The molecule has 0 unspecified atom stereocenters. The Morgan fingerprint density at radius 3 is 2.72 bits per heavy atom. The van der Waals surface area contributed by atoms with E-state index in [1.807, 2.05) is 25.1 Å². The summed E-state index contributed by atoms with van der Waals surface area (Å²) >= 11 is 5.06. The predicted molar refractivity (Wildman–Crippen MR) is 74.2 cm³/mol. The Hall–Kier alpha value is -1.40. The molecule has 2 aromatic rings. The first-order valence-corrected chi connectivity index (χ1v) is 6.72. The molecule has 0 bridgehead atoms. The van der Waals surface area contributed by atoms with Gasteiger partial charge in [-0.2, -0.15) is 0 Å². The second-order valence-electron chi connectivity index (χ2n) is 3.57. The molecule has 94 valence electrons. The van der Waals surface area contributed by atoms with E-state index in [1.54, 1.807) is 24.1 Å². The van der Waals surface area contributed by atoms with Crippen LogP contribution in [0.25, 0.3) is 0 Å². The molecule has 0 radical (unpaired) electrons. The Labute approximate surface area is 117 Å². The molecular formula is C12H11BrN2O2S. The first-order valence-electron chi connectivity index (χ1n) is 5.11. The molecule has 0 fully saturated rings. The number of nitrogens with zero attached hydrogens (tertiary/aromatic N) is 1. The van der Waals surface area contributed by atoms with Crippen LogP contribution in [0.15, 0.2) is 54.4 Å². The lowest BCUT2D eigenvalue weighted by molar-refractivity contribution is 0.318. The third kappa shape index (κ3) is 2.70. The number of hydrogen-bond donors (Lipinski definition) is 2. The minimum Gasteiger partial charge on any atom is -0.468 e. The number of rotatable bonds is 3. The zero-order valence-electron chi connectivity index (χ0n) is 9.55. The molecule has 0 saturated carbocycles. The van der Waals surface area contributed by atoms with Gasteiger partial charge in [0.25, 0.3) is 0 Å². The molecule has 1 heterocycles. The number of hydrogen-bond acceptors (Lipinski definition) is 4. The van der Waals surface area contributed by atoms with Crippen molar-refractivity contribution in [2.45, 2.75) is 16.7 Å². The van der Waals surface area contributed by atoms with Gasteiger partial charge in [-0.3, -0.25) is 0 Å². The van der Waals surface area contributed by atoms with Crippen molar-refractivity contribution in [2.75, 3.05) is 0 Å². The fourth-order valence-corrected chi connectivity index (χ4v) is 2.86. The first kappa shape index (κ1) is 13.0. The van der Waals surface area contributed by atoms with Gasteiger partial charge in [-0.15, -0.1) is 0 Å². The standard InChI is InChI=1S/C12H11BrN2O2S/c1-7-10(4-5-17-7)18-11-3-2-8(6-9(11)13)12(14)15-16/h2-6,16H,1H3,(H2,14,15). The third-order valence-corrected chi connectivity index (χ3v) is 4.50. The predicted octanol–water partition coefficient (Wildman–Crippen LogP) is 3.60. The molecule has 0 aliphatic carbocycles. The topological polar surface area (TPSA) is 71.8 Å². The van der Waals surface area contributed by atoms with Gasteiger partial charge in [0.05, 0.1) is 11.2 Å². The Balaban J connectivity index is 2.28. The molecule has 1 aromatic carbocycles. The largest absolute Gasteiger partial charge is 0.468 e. The Bertz CT molecular complexity index is 596. The van der Waals surface area contributed by atoms with Gasteiger partial charge in [-0.25, -0.2) is 0 Å². The normalized spacial score (nSPS) is 11.8. The summed E-state index contributed by atoms with van der Waals surface area (Å²) in [6.07, 6.45) is 1.66. The highest BCUT2D eigenvalue weighted by Gasteiger charge is 2.09. The molecule has 0 aliphatic rings. The maximum atomic E-state index is 8.62. The monoisotopic (exact) mass is 326 g/mol. The number of furan rings is 1. The van der Waals surface area contributed by atoms with Crippen molar-refractivity contribution in [2.24, 2.45) is 10.9 Å². The summed E-state index contributed by atoms with van der Waals surface area (Å²) in [5, 5.41) is 11.6. The van der Waals surface area contributed by atoms with Crippen LogP contribution in [0.4, 0.5) is 0 Å². The van der Waals surface area contributed by atoms with Crippen molar-refractivity contribution in [3.05, 3.63) is 46.3 Å². The summed E-state index contributed by atoms with van der Waals surface area (Å²) in [5.41, 5.74) is 6.20. The first-order chi connectivity index (χ1) is 8.61. The van der Waals surface area contributed by atoms with Crippen LogP contribution in [0.3, 0.4) is 0 Å². The Kier molecular flexibility index (Phi) is 3.98. The van der Waals surface area contributed by atoms with Gasteiger partial charge >= 0.3 is 0 Å². The second kappa shape index (κ2) is 5.49. The molecule has 0 amide bonds. The van der Waals surface area contributed by atoms with Crippen molar-refractivity contribution in [3.63, 3.8) is 0 Å². The molecule has 6 heteroatoms. The van der Waals surface area contributed by atoms with Crippen LogP contribution in [-0.2, 0) is 0 Å². The molecule has 18 heavy (non-hydrogen) atoms. The number of amidine groups is 1. The van der Waals surface area contributed by atoms with E-state index < -0.39 is 0 Å². The summed E-state index contributed by atoms with van der Waals surface area (Å²) in [7, 11) is 0. The molecule has 1 aromatic heterocycles. The SMILES string of the molecule is Cc1occc1Sc1ccc(/C(N)=N/O)cc1Br. The van der Waals surface area contributed by atoms with Gasteiger partial charge < -0.3 is 15.4 Å². The Morgan fingerprint density at radius 2 is 2.17 bits per heavy atom. The van der Waals surface area contributed by atoms with Gasteiger partial charge in [0.15, 0.2) is 5.84 Å². The lowest BCUT2D eigenvalue weighted by atomic mass is 10.2. The summed E-state index contributed by atoms with van der Waals surface area (Å²) in [4.78, 5) is 2.10. The van der Waals surface area contributed by atoms with E-state index in [-0.39, 0.29) is 5.84 Å². The van der Waals surface area contributed by atoms with E-state index in [0.717, 1.165) is 20.0 Å². The van der Waals surface area contributed by atoms with Crippen LogP contribution in [0, 0.1) is 6.92 Å². The molecule has 0 saturated heterocycles.